The van der Waals surface area contributed by atoms with Gasteiger partial charge in [-0.1, -0.05) is 215 Å². The molecular formula is C62H127F21O6. The van der Waals surface area contributed by atoms with Crippen molar-refractivity contribution in [3.63, 3.8) is 0 Å². The van der Waals surface area contributed by atoms with Gasteiger partial charge < -0.3 is 18.9 Å². The number of carbonyl (C=O) groups excluding carboxylic acids is 2. The average molecular weight is 1370 g/mol. The summed E-state index contributed by atoms with van der Waals surface area (Å²) in [6.45, 7) is 70.7. The highest BCUT2D eigenvalue weighted by Crippen LogP contribution is 2.39. The summed E-state index contributed by atoms with van der Waals surface area (Å²) in [5.41, 5.74) is 3.27. The fourth-order valence-corrected chi connectivity index (χ4v) is 6.27. The fraction of sp³-hybridized carbons (Fsp3) is 0.806. The minimum absolute atomic E-state index is 0. The van der Waals surface area contributed by atoms with Crippen LogP contribution in [0, 0.1) is 16.2 Å². The molecule has 0 amide bonds. The SMILES string of the molecule is C.C=C1CC(=O)C(C)(C)C1.C=C1CC(C)(C)CO1.C=C1CCC(C)(C)C1.C=C1CCC(C)(C)O1.C=C1CCC(C)(C)O1.CC1(C)CC(=O)CO1.CCC.CCC.CCC.CCC.CCC.CCC.F.F.F.FF.FF.FF.FF.FF.FF.FF.FF.FF. The Hall–Kier alpha value is -4.07. The Bertz CT molecular complexity index is 1200. The van der Waals surface area contributed by atoms with Gasteiger partial charge in [-0.05, 0) is 85.5 Å². The summed E-state index contributed by atoms with van der Waals surface area (Å²) < 4.78 is 165. The van der Waals surface area contributed by atoms with Gasteiger partial charge in [0.05, 0.1) is 29.5 Å². The first-order valence-electron chi connectivity index (χ1n) is 27.9. The van der Waals surface area contributed by atoms with E-state index < -0.39 is 0 Å². The van der Waals surface area contributed by atoms with Gasteiger partial charge in [0.1, 0.15) is 23.6 Å². The second kappa shape index (κ2) is 100. The van der Waals surface area contributed by atoms with Crippen LogP contribution in [0.4, 0.5) is 96.4 Å². The van der Waals surface area contributed by atoms with E-state index in [0.717, 1.165) is 68.0 Å². The van der Waals surface area contributed by atoms with Crippen molar-refractivity contribution in [3.05, 3.63) is 61.3 Å². The molecule has 4 aliphatic heterocycles. The number of ether oxygens (including phenoxy) is 4. The quantitative estimate of drug-likeness (QED) is 0.178. The summed E-state index contributed by atoms with van der Waals surface area (Å²) in [5.74, 6) is 3.38. The first-order chi connectivity index (χ1) is 39.5. The molecule has 0 aromatic heterocycles. The van der Waals surface area contributed by atoms with Crippen molar-refractivity contribution in [3.8, 4) is 0 Å². The van der Waals surface area contributed by atoms with Crippen molar-refractivity contribution >= 4 is 11.6 Å². The molecule has 0 spiro atoms. The zero-order valence-electron chi connectivity index (χ0n) is 57.9. The van der Waals surface area contributed by atoms with Crippen LogP contribution in [0.15, 0.2) is 61.3 Å². The van der Waals surface area contributed by atoms with Gasteiger partial charge in [-0.25, -0.2) is 0 Å². The topological polar surface area (TPSA) is 71.1 Å². The highest BCUT2D eigenvalue weighted by Gasteiger charge is 2.34. The second-order valence-corrected chi connectivity index (χ2v) is 23.0. The predicted octanol–water partition coefficient (Wildman–Crippen LogP) is 28.7. The Balaban J connectivity index is -0.0000000350. The van der Waals surface area contributed by atoms with Crippen LogP contribution in [0.2, 0.25) is 0 Å². The predicted molar refractivity (Wildman–Crippen MR) is 334 cm³/mol. The van der Waals surface area contributed by atoms with E-state index in [1.807, 2.05) is 27.7 Å². The van der Waals surface area contributed by atoms with Crippen LogP contribution >= 0.6 is 0 Å². The molecule has 0 aromatic carbocycles. The van der Waals surface area contributed by atoms with Gasteiger partial charge in [0.15, 0.2) is 5.78 Å². The molecule has 0 unspecified atom stereocenters. The van der Waals surface area contributed by atoms with E-state index in [-0.39, 0.29) is 49.5 Å². The number of rotatable bonds is 0. The Morgan fingerprint density at radius 3 is 0.708 bits per heavy atom. The largest absolute Gasteiger partial charge is 0.498 e. The van der Waals surface area contributed by atoms with E-state index in [4.69, 9.17) is 101 Å². The minimum Gasteiger partial charge on any atom is -0.498 e. The van der Waals surface area contributed by atoms with Crippen molar-refractivity contribution in [2.75, 3.05) is 13.2 Å². The van der Waals surface area contributed by atoms with E-state index in [0.29, 0.717) is 36.1 Å². The molecular weight excluding hydrogens is 1240 g/mol. The van der Waals surface area contributed by atoms with Crippen molar-refractivity contribution in [2.24, 2.45) is 16.2 Å². The highest BCUT2D eigenvalue weighted by molar-refractivity contribution is 5.89. The van der Waals surface area contributed by atoms with Crippen molar-refractivity contribution in [2.45, 2.75) is 300 Å². The maximum atomic E-state index is 11.0. The van der Waals surface area contributed by atoms with Crippen LogP contribution in [-0.4, -0.2) is 41.6 Å². The van der Waals surface area contributed by atoms with E-state index in [9.17, 15) is 9.59 Å². The van der Waals surface area contributed by atoms with Crippen LogP contribution < -0.4 is 0 Å². The van der Waals surface area contributed by atoms with Crippen LogP contribution in [0.1, 0.15) is 283 Å². The molecule has 6 nitrogen and oxygen atoms in total. The molecule has 0 aromatic rings. The summed E-state index contributed by atoms with van der Waals surface area (Å²) in [4.78, 5) is 21.6. The van der Waals surface area contributed by atoms with Crippen LogP contribution in [-0.2, 0) is 28.5 Å². The maximum absolute atomic E-state index is 11.0. The van der Waals surface area contributed by atoms with Crippen LogP contribution in [0.3, 0.4) is 0 Å². The van der Waals surface area contributed by atoms with Crippen LogP contribution in [0.25, 0.3) is 0 Å². The molecule has 558 valence electrons. The summed E-state index contributed by atoms with van der Waals surface area (Å²) >= 11 is 0. The zero-order chi connectivity index (χ0) is 72.3. The average Bonchev–Trinajstić information content (AvgIpc) is 4.28. The first-order valence-corrected chi connectivity index (χ1v) is 27.9. The molecule has 6 fully saturated rings. The Morgan fingerprint density at radius 2 is 0.652 bits per heavy atom. The molecule has 27 heteroatoms. The third-order valence-electron chi connectivity index (χ3n) is 9.18. The maximum Gasteiger partial charge on any atom is 0.161 e. The standard InChI is InChI=1S/C8H12O.C8H14.3C7H12O.C6H10O2.6C3H8.CH4.9F2.3FH/c1-6-4-7(9)8(2,3)5-6;1-7-4-5-8(2,3)6-7;1-6-4-7(2,3)5-8-6;2*1-6-4-5-7(2,3)8-6;1-6(2)3-5(7)4-8-6;6*1-3-2;;9*1-2;;;/h1,4-5H2,2-3H3;1,4-6H2,2-3H3;3*1,4-5H2,2-3H3;3-4H2,1-2H3;6*3H2,1-2H3;1H4;;;;;;;;;;3*1H. The molecule has 2 aliphatic carbocycles. The molecule has 0 radical (unpaired) electrons. The molecule has 6 rings (SSSR count). The first kappa shape index (κ1) is 138. The second-order valence-electron chi connectivity index (χ2n) is 23.0. The van der Waals surface area contributed by atoms with Gasteiger partial charge in [-0.2, -0.15) is 0 Å². The van der Waals surface area contributed by atoms with Crippen LogP contribution in [0.5, 0.6) is 0 Å². The highest BCUT2D eigenvalue weighted by atomic mass is 20.0. The lowest BCUT2D eigenvalue weighted by Crippen LogP contribution is -2.16. The summed E-state index contributed by atoms with van der Waals surface area (Å²) in [6, 6.07) is 0. The van der Waals surface area contributed by atoms with Gasteiger partial charge in [-0.15, -0.1) is 0 Å². The summed E-state index contributed by atoms with van der Waals surface area (Å²) in [6.07, 6.45) is 18.7. The summed E-state index contributed by atoms with van der Waals surface area (Å²) in [5, 5.41) is 0. The van der Waals surface area contributed by atoms with E-state index in [1.54, 1.807) is 0 Å². The van der Waals surface area contributed by atoms with Crippen molar-refractivity contribution in [1.82, 2.24) is 0 Å². The lowest BCUT2D eigenvalue weighted by Gasteiger charge is -2.16. The molecule has 0 N–H and O–H groups in total. The van der Waals surface area contributed by atoms with E-state index in [1.165, 1.54) is 63.4 Å². The lowest BCUT2D eigenvalue weighted by atomic mass is 9.91. The Kier molecular flexibility index (Phi) is 155. The smallest absolute Gasteiger partial charge is 0.161 e. The Morgan fingerprint density at radius 1 is 0.371 bits per heavy atom. The molecule has 2 saturated carbocycles. The van der Waals surface area contributed by atoms with Gasteiger partial charge in [0, 0.05) is 125 Å². The molecule has 89 heavy (non-hydrogen) atoms. The summed E-state index contributed by atoms with van der Waals surface area (Å²) in [7, 11) is 0. The number of halogens is 21. The van der Waals surface area contributed by atoms with Gasteiger partial charge in [0.2, 0.25) is 0 Å². The van der Waals surface area contributed by atoms with Gasteiger partial charge >= 0.3 is 0 Å². The van der Waals surface area contributed by atoms with E-state index in [2.05, 4.69) is 171 Å². The number of Topliss-reactive ketones (excluding diaryl/α,β-unsaturated/α-hetero) is 2. The van der Waals surface area contributed by atoms with Gasteiger partial charge in [0.25, 0.3) is 0 Å². The van der Waals surface area contributed by atoms with Crippen molar-refractivity contribution < 1.29 is 125 Å². The number of allylic oxidation sites excluding steroid dienone is 5. The molecule has 4 heterocycles. The normalized spacial score (nSPS) is 16.0. The third-order valence-corrected chi connectivity index (χ3v) is 9.18. The van der Waals surface area contributed by atoms with Gasteiger partial charge in [-0.3, -0.25) is 23.7 Å². The number of hydrogen-bond donors (Lipinski definition) is 0. The van der Waals surface area contributed by atoms with Crippen molar-refractivity contribution in [1.29, 1.82) is 0 Å². The molecule has 0 bridgehead atoms. The molecule has 6 aliphatic rings. The third kappa shape index (κ3) is 130. The fourth-order valence-electron chi connectivity index (χ4n) is 6.27. The Labute approximate surface area is 525 Å². The number of carbonyl (C=O) groups is 2. The molecule has 4 saturated heterocycles. The number of hydrogen-bond acceptors (Lipinski definition) is 6. The lowest BCUT2D eigenvalue weighted by molar-refractivity contribution is -0.124. The minimum atomic E-state index is -0.183. The van der Waals surface area contributed by atoms with E-state index >= 15 is 0 Å². The molecule has 0 atom stereocenters. The number of ketones is 2. The monoisotopic (exact) mass is 1370 g/mol. The zero-order valence-corrected chi connectivity index (χ0v) is 57.9.